The average molecular weight is 294 g/mol. The monoisotopic (exact) mass is 294 g/mol. The van der Waals surface area contributed by atoms with Crippen molar-refractivity contribution in [3.8, 4) is 0 Å². The van der Waals surface area contributed by atoms with Crippen LogP contribution in [0.1, 0.15) is 30.9 Å². The van der Waals surface area contributed by atoms with Crippen molar-refractivity contribution >= 4 is 5.69 Å². The molecule has 1 aliphatic heterocycles. The van der Waals surface area contributed by atoms with Crippen LogP contribution in [0.5, 0.6) is 0 Å². The molecule has 0 spiro atoms. The number of benzene rings is 2. The Morgan fingerprint density at radius 1 is 0.955 bits per heavy atom. The molecule has 0 amide bonds. The molecule has 1 heterocycles. The quantitative estimate of drug-likeness (QED) is 0.890. The first-order chi connectivity index (χ1) is 10.8. The molecule has 22 heavy (non-hydrogen) atoms. The Hall–Kier alpha value is -1.80. The summed E-state index contributed by atoms with van der Waals surface area (Å²) >= 11 is 0. The van der Waals surface area contributed by atoms with E-state index < -0.39 is 0 Å². The highest BCUT2D eigenvalue weighted by atomic mass is 15.1. The average Bonchev–Trinajstić information content (AvgIpc) is 2.58. The third-order valence-corrected chi connectivity index (χ3v) is 4.65. The van der Waals surface area contributed by atoms with Crippen molar-refractivity contribution in [3.05, 3.63) is 65.7 Å². The molecule has 2 aromatic rings. The fraction of sp³-hybridized carbons (Fsp3) is 0.400. The zero-order valence-corrected chi connectivity index (χ0v) is 13.5. The number of likely N-dealkylation sites (tertiary alicyclic amines) is 1. The van der Waals surface area contributed by atoms with E-state index in [9.17, 15) is 0 Å². The second-order valence-corrected chi connectivity index (χ2v) is 6.17. The van der Waals surface area contributed by atoms with Gasteiger partial charge in [-0.05, 0) is 43.0 Å². The van der Waals surface area contributed by atoms with Gasteiger partial charge in [-0.3, -0.25) is 0 Å². The van der Waals surface area contributed by atoms with Gasteiger partial charge in [0, 0.05) is 24.8 Å². The summed E-state index contributed by atoms with van der Waals surface area (Å²) in [6.45, 7) is 5.87. The Morgan fingerprint density at radius 3 is 2.36 bits per heavy atom. The predicted molar refractivity (Wildman–Crippen MR) is 94.4 cm³/mol. The van der Waals surface area contributed by atoms with E-state index in [1.54, 1.807) is 0 Å². The van der Waals surface area contributed by atoms with Crippen LogP contribution in [0.15, 0.2) is 54.6 Å². The number of nitrogens with zero attached hydrogens (tertiary/aromatic N) is 1. The number of para-hydroxylation sites is 1. The van der Waals surface area contributed by atoms with E-state index in [0.29, 0.717) is 6.04 Å². The number of piperidine rings is 1. The van der Waals surface area contributed by atoms with Gasteiger partial charge in [-0.1, -0.05) is 55.5 Å². The lowest BCUT2D eigenvalue weighted by Crippen LogP contribution is -2.39. The maximum Gasteiger partial charge on any atom is 0.0378 e. The number of hydrogen-bond donors (Lipinski definition) is 1. The Bertz CT molecular complexity index is 571. The minimum absolute atomic E-state index is 0.611. The molecule has 1 fully saturated rings. The minimum atomic E-state index is 0.611. The standard InChI is InChI=1S/C20H26N2/c1-2-22-14-12-19(13-15-22)21-20-11-7-6-10-18(20)16-17-8-4-3-5-9-17/h3-11,19,21H,2,12-16H2,1H3. The van der Waals surface area contributed by atoms with Crippen LogP contribution < -0.4 is 5.32 Å². The van der Waals surface area contributed by atoms with Gasteiger partial charge in [0.05, 0.1) is 0 Å². The zero-order chi connectivity index (χ0) is 15.2. The predicted octanol–water partition coefficient (Wildman–Crippen LogP) is 4.17. The first-order valence-corrected chi connectivity index (χ1v) is 8.46. The molecule has 2 aromatic carbocycles. The lowest BCUT2D eigenvalue weighted by atomic mass is 10.0. The normalized spacial score (nSPS) is 16.6. The number of anilines is 1. The maximum atomic E-state index is 3.79. The lowest BCUT2D eigenvalue weighted by molar-refractivity contribution is 0.229. The molecule has 0 saturated carbocycles. The van der Waals surface area contributed by atoms with Crippen molar-refractivity contribution in [3.63, 3.8) is 0 Å². The van der Waals surface area contributed by atoms with Gasteiger partial charge in [0.1, 0.15) is 0 Å². The molecular weight excluding hydrogens is 268 g/mol. The highest BCUT2D eigenvalue weighted by molar-refractivity contribution is 5.53. The van der Waals surface area contributed by atoms with E-state index in [2.05, 4.69) is 71.7 Å². The molecule has 0 atom stereocenters. The first kappa shape index (κ1) is 15.1. The summed E-state index contributed by atoms with van der Waals surface area (Å²) in [6, 6.07) is 20.1. The summed E-state index contributed by atoms with van der Waals surface area (Å²) in [5, 5.41) is 3.79. The molecule has 1 N–H and O–H groups in total. The van der Waals surface area contributed by atoms with Crippen LogP contribution in [0.4, 0.5) is 5.69 Å². The molecule has 2 heteroatoms. The lowest BCUT2D eigenvalue weighted by Gasteiger charge is -2.32. The summed E-state index contributed by atoms with van der Waals surface area (Å²) < 4.78 is 0. The number of rotatable bonds is 5. The van der Waals surface area contributed by atoms with Crippen LogP contribution in [-0.2, 0) is 6.42 Å². The molecule has 0 aromatic heterocycles. The van der Waals surface area contributed by atoms with Crippen LogP contribution >= 0.6 is 0 Å². The van der Waals surface area contributed by atoms with Gasteiger partial charge in [0.15, 0.2) is 0 Å². The SMILES string of the molecule is CCN1CCC(Nc2ccccc2Cc2ccccc2)CC1. The first-order valence-electron chi connectivity index (χ1n) is 8.46. The van der Waals surface area contributed by atoms with E-state index in [1.807, 2.05) is 0 Å². The summed E-state index contributed by atoms with van der Waals surface area (Å²) in [5.41, 5.74) is 4.07. The van der Waals surface area contributed by atoms with Crippen molar-refractivity contribution in [2.24, 2.45) is 0 Å². The molecule has 2 nitrogen and oxygen atoms in total. The van der Waals surface area contributed by atoms with Crippen LogP contribution in [0.2, 0.25) is 0 Å². The Balaban J connectivity index is 1.67. The van der Waals surface area contributed by atoms with E-state index in [4.69, 9.17) is 0 Å². The largest absolute Gasteiger partial charge is 0.382 e. The van der Waals surface area contributed by atoms with Crippen LogP contribution in [0.25, 0.3) is 0 Å². The highest BCUT2D eigenvalue weighted by Crippen LogP contribution is 2.22. The Kier molecular flexibility index (Phi) is 5.12. The fourth-order valence-electron chi connectivity index (χ4n) is 3.24. The van der Waals surface area contributed by atoms with E-state index in [1.165, 1.54) is 49.3 Å². The second kappa shape index (κ2) is 7.46. The molecule has 0 bridgehead atoms. The van der Waals surface area contributed by atoms with Crippen LogP contribution in [0, 0.1) is 0 Å². The van der Waals surface area contributed by atoms with Gasteiger partial charge in [-0.25, -0.2) is 0 Å². The van der Waals surface area contributed by atoms with Gasteiger partial charge in [-0.2, -0.15) is 0 Å². The van der Waals surface area contributed by atoms with Crippen LogP contribution in [0.3, 0.4) is 0 Å². The van der Waals surface area contributed by atoms with E-state index >= 15 is 0 Å². The van der Waals surface area contributed by atoms with Crippen molar-refractivity contribution in [1.29, 1.82) is 0 Å². The molecule has 3 rings (SSSR count). The topological polar surface area (TPSA) is 15.3 Å². The summed E-state index contributed by atoms with van der Waals surface area (Å²) in [7, 11) is 0. The number of nitrogens with one attached hydrogen (secondary N) is 1. The Morgan fingerprint density at radius 2 is 1.64 bits per heavy atom. The third kappa shape index (κ3) is 3.89. The second-order valence-electron chi connectivity index (χ2n) is 6.17. The fourth-order valence-corrected chi connectivity index (χ4v) is 3.24. The number of hydrogen-bond acceptors (Lipinski definition) is 2. The molecular formula is C20H26N2. The molecule has 0 radical (unpaired) electrons. The van der Waals surface area contributed by atoms with Gasteiger partial charge < -0.3 is 10.2 Å². The smallest absolute Gasteiger partial charge is 0.0378 e. The Labute approximate surface area is 134 Å². The maximum absolute atomic E-state index is 3.79. The van der Waals surface area contributed by atoms with Gasteiger partial charge in [0.25, 0.3) is 0 Å². The summed E-state index contributed by atoms with van der Waals surface area (Å²) in [5.74, 6) is 0. The van der Waals surface area contributed by atoms with E-state index in [0.717, 1.165) is 6.42 Å². The van der Waals surface area contributed by atoms with Gasteiger partial charge in [0.2, 0.25) is 0 Å². The summed E-state index contributed by atoms with van der Waals surface area (Å²) in [6.07, 6.45) is 3.48. The minimum Gasteiger partial charge on any atom is -0.382 e. The molecule has 116 valence electrons. The van der Waals surface area contributed by atoms with Crippen molar-refractivity contribution < 1.29 is 0 Å². The molecule has 0 aliphatic carbocycles. The molecule has 1 aliphatic rings. The zero-order valence-electron chi connectivity index (χ0n) is 13.5. The molecule has 1 saturated heterocycles. The highest BCUT2D eigenvalue weighted by Gasteiger charge is 2.18. The van der Waals surface area contributed by atoms with Crippen LogP contribution in [-0.4, -0.2) is 30.6 Å². The van der Waals surface area contributed by atoms with Crippen molar-refractivity contribution in [2.75, 3.05) is 25.0 Å². The van der Waals surface area contributed by atoms with Gasteiger partial charge >= 0.3 is 0 Å². The van der Waals surface area contributed by atoms with Gasteiger partial charge in [-0.15, -0.1) is 0 Å². The third-order valence-electron chi connectivity index (χ3n) is 4.65. The molecule has 0 unspecified atom stereocenters. The van der Waals surface area contributed by atoms with Crippen molar-refractivity contribution in [1.82, 2.24) is 4.90 Å². The van der Waals surface area contributed by atoms with Crippen molar-refractivity contribution in [2.45, 2.75) is 32.2 Å². The van der Waals surface area contributed by atoms with E-state index in [-0.39, 0.29) is 0 Å². The summed E-state index contributed by atoms with van der Waals surface area (Å²) in [4.78, 5) is 2.54.